The van der Waals surface area contributed by atoms with Gasteiger partial charge in [-0.05, 0) is 23.6 Å². The third-order valence-electron chi connectivity index (χ3n) is 4.46. The molecule has 7 nitrogen and oxygen atoms in total. The molecule has 28 heavy (non-hydrogen) atoms. The average Bonchev–Trinajstić information content (AvgIpc) is 3.43. The van der Waals surface area contributed by atoms with Gasteiger partial charge < -0.3 is 10.7 Å². The molecule has 0 aromatic carbocycles. The largest absolute Gasteiger partial charge is 0.339 e. The molecule has 1 saturated heterocycles. The molecule has 148 valence electrons. The monoisotopic (exact) mass is 454 g/mol. The summed E-state index contributed by atoms with van der Waals surface area (Å²) >= 11 is 10.5. The van der Waals surface area contributed by atoms with E-state index in [9.17, 15) is 4.79 Å². The van der Waals surface area contributed by atoms with Gasteiger partial charge in [0, 0.05) is 37.6 Å². The fourth-order valence-electron chi connectivity index (χ4n) is 2.98. The summed E-state index contributed by atoms with van der Waals surface area (Å²) in [6.45, 7) is 4.07. The van der Waals surface area contributed by atoms with E-state index in [-0.39, 0.29) is 5.91 Å². The number of thiophene rings is 2. The molecule has 4 heterocycles. The smallest absolute Gasteiger partial charge is 0.233 e. The molecule has 3 aromatic rings. The molecule has 0 unspecified atom stereocenters. The maximum atomic E-state index is 12.6. The zero-order valence-electron chi connectivity index (χ0n) is 15.0. The lowest BCUT2D eigenvalue weighted by Crippen LogP contribution is -2.48. The Morgan fingerprint density at radius 3 is 2.71 bits per heavy atom. The topological polar surface area (TPSA) is 80.3 Å². The second-order valence-corrected chi connectivity index (χ2v) is 9.99. The van der Waals surface area contributed by atoms with Crippen LogP contribution in [0.2, 0.25) is 4.34 Å². The van der Waals surface area contributed by atoms with E-state index in [1.54, 1.807) is 22.7 Å². The van der Waals surface area contributed by atoms with E-state index in [2.05, 4.69) is 21.2 Å². The quantitative estimate of drug-likeness (QED) is 0.455. The highest BCUT2D eigenvalue weighted by molar-refractivity contribution is 7.99. The molecule has 0 radical (unpaired) electrons. The lowest BCUT2D eigenvalue weighted by molar-refractivity contribution is -0.130. The van der Waals surface area contributed by atoms with Crippen LogP contribution in [-0.4, -0.2) is 62.5 Å². The third kappa shape index (κ3) is 4.52. The van der Waals surface area contributed by atoms with Crippen molar-refractivity contribution >= 4 is 51.9 Å². The zero-order valence-corrected chi connectivity index (χ0v) is 18.2. The van der Waals surface area contributed by atoms with Gasteiger partial charge in [-0.15, -0.1) is 32.9 Å². The number of thioether (sulfide) groups is 1. The van der Waals surface area contributed by atoms with Crippen molar-refractivity contribution in [1.29, 1.82) is 0 Å². The van der Waals surface area contributed by atoms with E-state index in [1.165, 1.54) is 21.3 Å². The van der Waals surface area contributed by atoms with Gasteiger partial charge in [0.1, 0.15) is 0 Å². The highest BCUT2D eigenvalue weighted by Crippen LogP contribution is 2.26. The number of nitrogens with zero attached hydrogens (tertiary/aromatic N) is 5. The second-order valence-electron chi connectivity index (χ2n) is 6.30. The number of amides is 1. The second kappa shape index (κ2) is 8.83. The minimum Gasteiger partial charge on any atom is -0.339 e. The maximum absolute atomic E-state index is 12.6. The number of carbonyl (C=O) groups is 1. The number of hydrogen-bond acceptors (Lipinski definition) is 8. The summed E-state index contributed by atoms with van der Waals surface area (Å²) in [4.78, 5) is 19.0. The number of rotatable bonds is 6. The summed E-state index contributed by atoms with van der Waals surface area (Å²) in [5.41, 5.74) is 0. The molecule has 4 rings (SSSR count). The van der Waals surface area contributed by atoms with Gasteiger partial charge in [-0.2, -0.15) is 0 Å². The summed E-state index contributed by atoms with van der Waals surface area (Å²) in [6, 6.07) is 7.88. The van der Waals surface area contributed by atoms with Crippen molar-refractivity contribution < 1.29 is 4.79 Å². The van der Waals surface area contributed by atoms with E-state index in [1.807, 2.05) is 28.5 Å². The van der Waals surface area contributed by atoms with Crippen molar-refractivity contribution in [3.05, 3.63) is 38.9 Å². The SMILES string of the molecule is Nn1c(SCC(=O)N2CCN(Cc3ccc(Cl)s3)CC2)nnc1-c1cccs1. The Hall–Kier alpha value is -1.59. The number of hydrogen-bond donors (Lipinski definition) is 1. The maximum Gasteiger partial charge on any atom is 0.233 e. The molecule has 3 aromatic heterocycles. The van der Waals surface area contributed by atoms with Crippen molar-refractivity contribution in [3.63, 3.8) is 0 Å². The van der Waals surface area contributed by atoms with Crippen LogP contribution in [0.5, 0.6) is 0 Å². The molecule has 1 amide bonds. The highest BCUT2D eigenvalue weighted by atomic mass is 35.5. The Morgan fingerprint density at radius 2 is 2.04 bits per heavy atom. The van der Waals surface area contributed by atoms with Crippen LogP contribution in [0.1, 0.15) is 4.88 Å². The van der Waals surface area contributed by atoms with Gasteiger partial charge in [-0.3, -0.25) is 9.69 Å². The zero-order chi connectivity index (χ0) is 19.5. The van der Waals surface area contributed by atoms with Crippen LogP contribution in [0.3, 0.4) is 0 Å². The Labute approximate surface area is 180 Å². The summed E-state index contributed by atoms with van der Waals surface area (Å²) in [7, 11) is 0. The lowest BCUT2D eigenvalue weighted by Gasteiger charge is -2.34. The van der Waals surface area contributed by atoms with Crippen LogP contribution in [0.4, 0.5) is 0 Å². The fraction of sp³-hybridized carbons (Fsp3) is 0.353. The first kappa shape index (κ1) is 19.7. The number of halogens is 1. The predicted molar refractivity (Wildman–Crippen MR) is 115 cm³/mol. The third-order valence-corrected chi connectivity index (χ3v) is 7.47. The van der Waals surface area contributed by atoms with Crippen molar-refractivity contribution in [1.82, 2.24) is 24.7 Å². The van der Waals surface area contributed by atoms with Crippen LogP contribution in [-0.2, 0) is 11.3 Å². The van der Waals surface area contributed by atoms with Gasteiger partial charge >= 0.3 is 0 Å². The molecule has 0 aliphatic carbocycles. The Bertz CT molecular complexity index is 933. The molecule has 0 atom stereocenters. The van der Waals surface area contributed by atoms with Crippen LogP contribution in [0.15, 0.2) is 34.8 Å². The minimum absolute atomic E-state index is 0.101. The first-order valence-corrected chi connectivity index (χ1v) is 11.8. The summed E-state index contributed by atoms with van der Waals surface area (Å²) in [6.07, 6.45) is 0. The molecular formula is C17H19ClN6OS3. The van der Waals surface area contributed by atoms with Gasteiger partial charge in [0.15, 0.2) is 5.82 Å². The van der Waals surface area contributed by atoms with Crippen molar-refractivity contribution in [2.75, 3.05) is 37.8 Å². The minimum atomic E-state index is 0.101. The summed E-state index contributed by atoms with van der Waals surface area (Å²) < 4.78 is 2.27. The highest BCUT2D eigenvalue weighted by Gasteiger charge is 2.22. The fourth-order valence-corrected chi connectivity index (χ4v) is 5.57. The average molecular weight is 455 g/mol. The van der Waals surface area contributed by atoms with Crippen LogP contribution in [0, 0.1) is 0 Å². The first-order chi connectivity index (χ1) is 13.6. The molecule has 1 fully saturated rings. The normalized spacial score (nSPS) is 15.2. The molecule has 11 heteroatoms. The van der Waals surface area contributed by atoms with E-state index >= 15 is 0 Å². The number of aromatic nitrogens is 3. The Kier molecular flexibility index (Phi) is 6.22. The Balaban J connectivity index is 1.26. The number of nitrogen functional groups attached to an aromatic ring is 1. The van der Waals surface area contributed by atoms with Crippen LogP contribution in [0.25, 0.3) is 10.7 Å². The summed E-state index contributed by atoms with van der Waals surface area (Å²) in [5.74, 6) is 7.12. The van der Waals surface area contributed by atoms with Crippen LogP contribution < -0.4 is 5.84 Å². The molecular weight excluding hydrogens is 436 g/mol. The number of piperazine rings is 1. The van der Waals surface area contributed by atoms with Gasteiger partial charge in [0.2, 0.25) is 11.1 Å². The standard InChI is InChI=1S/C17H19ClN6OS3/c18-14-4-3-12(28-14)10-22-5-7-23(8-6-22)15(25)11-27-17-21-20-16(24(17)19)13-2-1-9-26-13/h1-4,9H,5-8,10-11,19H2. The van der Waals surface area contributed by atoms with Crippen molar-refractivity contribution in [2.45, 2.75) is 11.7 Å². The molecule has 1 aliphatic heterocycles. The van der Waals surface area contributed by atoms with E-state index in [0.717, 1.165) is 41.9 Å². The first-order valence-electron chi connectivity index (χ1n) is 8.71. The molecule has 0 bridgehead atoms. The van der Waals surface area contributed by atoms with Gasteiger partial charge in [-0.25, -0.2) is 4.68 Å². The molecule has 1 aliphatic rings. The van der Waals surface area contributed by atoms with Crippen LogP contribution >= 0.6 is 46.0 Å². The van der Waals surface area contributed by atoms with Crippen molar-refractivity contribution in [3.8, 4) is 10.7 Å². The van der Waals surface area contributed by atoms with E-state index in [0.29, 0.717) is 16.7 Å². The van der Waals surface area contributed by atoms with E-state index < -0.39 is 0 Å². The van der Waals surface area contributed by atoms with Gasteiger partial charge in [0.05, 0.1) is 15.0 Å². The summed E-state index contributed by atoms with van der Waals surface area (Å²) in [5, 5.41) is 10.8. The van der Waals surface area contributed by atoms with Gasteiger partial charge in [-0.1, -0.05) is 29.4 Å². The molecule has 0 saturated carbocycles. The molecule has 0 spiro atoms. The Morgan fingerprint density at radius 1 is 1.21 bits per heavy atom. The van der Waals surface area contributed by atoms with Crippen molar-refractivity contribution in [2.24, 2.45) is 0 Å². The predicted octanol–water partition coefficient (Wildman–Crippen LogP) is 2.87. The van der Waals surface area contributed by atoms with E-state index in [4.69, 9.17) is 17.4 Å². The number of nitrogens with two attached hydrogens (primary N) is 1. The number of carbonyl (C=O) groups excluding carboxylic acids is 1. The lowest BCUT2D eigenvalue weighted by atomic mass is 10.3. The van der Waals surface area contributed by atoms with Gasteiger partial charge in [0.25, 0.3) is 0 Å². The molecule has 2 N–H and O–H groups in total.